The van der Waals surface area contributed by atoms with Gasteiger partial charge in [-0.2, -0.15) is 0 Å². The first-order valence-electron chi connectivity index (χ1n) is 13.7. The minimum atomic E-state index is -0.790. The molecule has 10 heteroatoms. The van der Waals surface area contributed by atoms with Crippen LogP contribution in [-0.2, 0) is 17.6 Å². The van der Waals surface area contributed by atoms with Gasteiger partial charge in [0, 0.05) is 25.1 Å². The van der Waals surface area contributed by atoms with E-state index >= 15 is 0 Å². The minimum absolute atomic E-state index is 0.0610. The number of guanidine groups is 1. The Morgan fingerprint density at radius 2 is 1.76 bits per heavy atom. The lowest BCUT2D eigenvalue weighted by Crippen LogP contribution is -2.47. The smallest absolute Gasteiger partial charge is 0.308 e. The third kappa shape index (κ3) is 5.87. The van der Waals surface area contributed by atoms with Crippen LogP contribution in [0.5, 0.6) is 5.75 Å². The highest BCUT2D eigenvalue weighted by Crippen LogP contribution is 2.30. The molecule has 210 valence electrons. The third-order valence-corrected chi connectivity index (χ3v) is 7.52. The van der Waals surface area contributed by atoms with Crippen LogP contribution in [0.25, 0.3) is 11.5 Å². The number of aliphatic carboxylic acids is 1. The molecule has 0 saturated carbocycles. The van der Waals surface area contributed by atoms with Gasteiger partial charge in [-0.15, -0.1) is 10.6 Å². The number of hydrazone groups is 1. The number of aromatic nitrogens is 1. The largest absolute Gasteiger partial charge is 0.493 e. The predicted molar refractivity (Wildman–Crippen MR) is 155 cm³/mol. The van der Waals surface area contributed by atoms with Gasteiger partial charge in [0.05, 0.1) is 23.9 Å². The van der Waals surface area contributed by atoms with Crippen LogP contribution in [-0.4, -0.2) is 46.6 Å². The SMILES string of the molecule is Cc1oc(-c2ccccc2)nc1CCOc1ccc(C[C@@H]2CN(C3=NNNN3c3ccccc3)C[C@@H]2C(=O)O)cc1. The lowest BCUT2D eigenvalue weighted by molar-refractivity contribution is -0.142. The summed E-state index contributed by atoms with van der Waals surface area (Å²) in [4.78, 5) is 18.8. The van der Waals surface area contributed by atoms with Gasteiger partial charge in [-0.05, 0) is 61.2 Å². The highest BCUT2D eigenvalue weighted by Gasteiger charge is 2.41. The van der Waals surface area contributed by atoms with Crippen molar-refractivity contribution in [2.45, 2.75) is 19.8 Å². The molecule has 0 bridgehead atoms. The molecule has 41 heavy (non-hydrogen) atoms. The summed E-state index contributed by atoms with van der Waals surface area (Å²) in [5, 5.41) is 16.2. The molecule has 0 amide bonds. The predicted octanol–water partition coefficient (Wildman–Crippen LogP) is 4.25. The molecule has 6 rings (SSSR count). The summed E-state index contributed by atoms with van der Waals surface area (Å²) in [6, 6.07) is 27.5. The van der Waals surface area contributed by atoms with E-state index in [1.54, 1.807) is 0 Å². The number of carboxylic acid groups (broad SMARTS) is 1. The molecule has 3 aromatic carbocycles. The Morgan fingerprint density at radius 3 is 2.49 bits per heavy atom. The van der Waals surface area contributed by atoms with Gasteiger partial charge >= 0.3 is 5.97 Å². The molecule has 2 aliphatic rings. The number of aryl methyl sites for hydroxylation is 1. The van der Waals surface area contributed by atoms with Crippen LogP contribution in [0.3, 0.4) is 0 Å². The van der Waals surface area contributed by atoms with E-state index < -0.39 is 11.9 Å². The van der Waals surface area contributed by atoms with Gasteiger partial charge in [0.15, 0.2) is 0 Å². The normalized spacial score (nSPS) is 18.3. The number of anilines is 1. The number of para-hydroxylation sites is 1. The van der Waals surface area contributed by atoms with Gasteiger partial charge in [-0.1, -0.05) is 48.5 Å². The molecule has 1 saturated heterocycles. The lowest BCUT2D eigenvalue weighted by Gasteiger charge is -2.25. The Labute approximate surface area is 238 Å². The summed E-state index contributed by atoms with van der Waals surface area (Å²) in [5.74, 6) is 1.48. The quantitative estimate of drug-likeness (QED) is 0.280. The highest BCUT2D eigenvalue weighted by molar-refractivity contribution is 5.96. The molecule has 10 nitrogen and oxygen atoms in total. The summed E-state index contributed by atoms with van der Waals surface area (Å²) in [6.07, 6.45) is 1.28. The van der Waals surface area contributed by atoms with Gasteiger partial charge in [0.2, 0.25) is 11.9 Å². The topological polar surface area (TPSA) is 115 Å². The first-order valence-corrected chi connectivity index (χ1v) is 13.7. The Bertz CT molecular complexity index is 1510. The van der Waals surface area contributed by atoms with E-state index in [2.05, 4.69) is 21.2 Å². The van der Waals surface area contributed by atoms with Crippen LogP contribution in [0.15, 0.2) is 94.4 Å². The Balaban J connectivity index is 1.05. The maximum Gasteiger partial charge on any atom is 0.308 e. The molecule has 1 aromatic heterocycles. The molecular formula is C31H32N6O4. The van der Waals surface area contributed by atoms with Crippen molar-refractivity contribution in [3.63, 3.8) is 0 Å². The van der Waals surface area contributed by atoms with E-state index in [9.17, 15) is 9.90 Å². The lowest BCUT2D eigenvalue weighted by atomic mass is 9.90. The molecule has 0 spiro atoms. The molecule has 2 atom stereocenters. The van der Waals surface area contributed by atoms with Gasteiger partial charge in [-0.3, -0.25) is 4.79 Å². The second-order valence-corrected chi connectivity index (χ2v) is 10.3. The number of nitrogens with one attached hydrogen (secondary N) is 2. The van der Waals surface area contributed by atoms with Crippen molar-refractivity contribution >= 4 is 17.6 Å². The van der Waals surface area contributed by atoms with Crippen molar-refractivity contribution in [1.82, 2.24) is 21.0 Å². The molecule has 0 aliphatic carbocycles. The molecule has 0 unspecified atom stereocenters. The molecule has 3 N–H and O–H groups in total. The summed E-state index contributed by atoms with van der Waals surface area (Å²) >= 11 is 0. The number of ether oxygens (including phenoxy) is 1. The molecule has 2 aliphatic heterocycles. The number of carbonyl (C=O) groups is 1. The van der Waals surface area contributed by atoms with Crippen molar-refractivity contribution in [2.75, 3.05) is 24.7 Å². The van der Waals surface area contributed by atoms with Crippen molar-refractivity contribution in [1.29, 1.82) is 0 Å². The van der Waals surface area contributed by atoms with E-state index in [1.807, 2.05) is 102 Å². The van der Waals surface area contributed by atoms with Gasteiger partial charge in [-0.25, -0.2) is 15.5 Å². The van der Waals surface area contributed by atoms with E-state index in [0.29, 0.717) is 44.4 Å². The Kier molecular flexibility index (Phi) is 7.55. The van der Waals surface area contributed by atoms with Crippen LogP contribution in [0.1, 0.15) is 17.0 Å². The van der Waals surface area contributed by atoms with Crippen molar-refractivity contribution in [2.24, 2.45) is 16.9 Å². The molecule has 4 aromatic rings. The fourth-order valence-electron chi connectivity index (χ4n) is 5.37. The first kappa shape index (κ1) is 26.4. The van der Waals surface area contributed by atoms with E-state index in [4.69, 9.17) is 9.15 Å². The van der Waals surface area contributed by atoms with Crippen LogP contribution in [0, 0.1) is 18.8 Å². The molecular weight excluding hydrogens is 520 g/mol. The fraction of sp³-hybridized carbons (Fsp3) is 0.258. The summed E-state index contributed by atoms with van der Waals surface area (Å²) < 4.78 is 11.8. The van der Waals surface area contributed by atoms with Gasteiger partial charge in [0.25, 0.3) is 0 Å². The average Bonchev–Trinajstić information content (AvgIpc) is 3.74. The summed E-state index contributed by atoms with van der Waals surface area (Å²) in [7, 11) is 0. The zero-order chi connectivity index (χ0) is 28.2. The summed E-state index contributed by atoms with van der Waals surface area (Å²) in [5.41, 5.74) is 9.64. The first-order chi connectivity index (χ1) is 20.0. The maximum atomic E-state index is 12.2. The Hall–Kier alpha value is -4.83. The monoisotopic (exact) mass is 552 g/mol. The second-order valence-electron chi connectivity index (χ2n) is 10.3. The number of benzene rings is 3. The minimum Gasteiger partial charge on any atom is -0.493 e. The van der Waals surface area contributed by atoms with Gasteiger partial charge in [0.1, 0.15) is 11.5 Å². The van der Waals surface area contributed by atoms with Crippen LogP contribution in [0.2, 0.25) is 0 Å². The van der Waals surface area contributed by atoms with Crippen molar-refractivity contribution in [3.8, 4) is 17.2 Å². The fourth-order valence-corrected chi connectivity index (χ4v) is 5.37. The summed E-state index contributed by atoms with van der Waals surface area (Å²) in [6.45, 7) is 3.37. The second kappa shape index (κ2) is 11.7. The zero-order valence-corrected chi connectivity index (χ0v) is 22.7. The van der Waals surface area contributed by atoms with Crippen molar-refractivity contribution in [3.05, 3.63) is 102 Å². The number of carboxylic acids is 1. The number of hydrogen-bond donors (Lipinski definition) is 3. The van der Waals surface area contributed by atoms with Crippen LogP contribution >= 0.6 is 0 Å². The standard InChI is InChI=1S/C31H32N6O4/c1-21-28(32-29(41-21)23-8-4-2-5-9-23)16-17-40-26-14-12-22(13-15-26)18-24-19-36(20-27(24)30(38)39)31-33-34-35-37(31)25-10-6-3-7-11-25/h2-15,24,27,34-35H,16-20H2,1H3,(H,38,39)/t24-,27+/m1/s1. The zero-order valence-electron chi connectivity index (χ0n) is 22.7. The maximum absolute atomic E-state index is 12.2. The number of nitrogens with zero attached hydrogens (tertiary/aromatic N) is 4. The number of likely N-dealkylation sites (tertiary alicyclic amines) is 1. The highest BCUT2D eigenvalue weighted by atomic mass is 16.5. The number of hydrazine groups is 2. The van der Waals surface area contributed by atoms with Crippen LogP contribution in [0.4, 0.5) is 5.69 Å². The van der Waals surface area contributed by atoms with E-state index in [1.165, 1.54) is 0 Å². The van der Waals surface area contributed by atoms with E-state index in [0.717, 1.165) is 34.0 Å². The van der Waals surface area contributed by atoms with Gasteiger partial charge < -0.3 is 19.2 Å². The molecule has 0 radical (unpaired) electrons. The van der Waals surface area contributed by atoms with Crippen molar-refractivity contribution < 1.29 is 19.1 Å². The van der Waals surface area contributed by atoms with Crippen LogP contribution < -0.4 is 20.8 Å². The average molecular weight is 553 g/mol. The third-order valence-electron chi connectivity index (χ3n) is 7.52. The Morgan fingerprint density at radius 1 is 1.02 bits per heavy atom. The van der Waals surface area contributed by atoms with E-state index in [-0.39, 0.29) is 5.92 Å². The number of oxazole rings is 1. The number of rotatable bonds is 9. The molecule has 1 fully saturated rings. The number of hydrogen-bond acceptors (Lipinski definition) is 9. The molecule has 3 heterocycles.